The number of unbranched alkanes of at least 4 members (excludes halogenated alkanes) is 38. The summed E-state index contributed by atoms with van der Waals surface area (Å²) in [6.07, 6.45) is 74.0. The minimum atomic E-state index is -0.777. The van der Waals surface area contributed by atoms with Gasteiger partial charge in [0.2, 0.25) is 0 Å². The molecule has 6 nitrogen and oxygen atoms in total. The topological polar surface area (TPSA) is 78.9 Å². The molecule has 0 N–H and O–H groups in total. The number of esters is 3. The van der Waals surface area contributed by atoms with Crippen LogP contribution in [0.15, 0.2) is 48.6 Å². The van der Waals surface area contributed by atoms with E-state index >= 15 is 0 Å². The standard InChI is InChI=1S/C65H118O6/c1-4-7-10-13-16-19-22-24-26-28-30-31-32-33-35-36-38-40-43-46-49-52-55-58-64(67)70-61-62(60-69-63(66)57-54-51-48-45-42-21-18-15-12-9-6-3)71-65(68)59-56-53-50-47-44-41-39-37-34-29-27-25-23-20-17-14-11-8-5-2/h15,18,22,24-25,27-28,30,62H,4-14,16-17,19-21,23,26,29,31-61H2,1-3H3/b18-15-,24-22-,27-25-,30-28-. The Balaban J connectivity index is 4.26. The van der Waals surface area contributed by atoms with Gasteiger partial charge in [-0.2, -0.15) is 0 Å². The Labute approximate surface area is 441 Å². The second kappa shape index (κ2) is 59.9. The van der Waals surface area contributed by atoms with Crippen molar-refractivity contribution < 1.29 is 28.6 Å². The van der Waals surface area contributed by atoms with E-state index in [1.165, 1.54) is 218 Å². The van der Waals surface area contributed by atoms with Crippen LogP contribution in [0.3, 0.4) is 0 Å². The van der Waals surface area contributed by atoms with Crippen molar-refractivity contribution in [3.8, 4) is 0 Å². The predicted octanol–water partition coefficient (Wildman–Crippen LogP) is 21.0. The van der Waals surface area contributed by atoms with Crippen LogP contribution in [0.5, 0.6) is 0 Å². The van der Waals surface area contributed by atoms with Crippen LogP contribution in [-0.4, -0.2) is 37.2 Å². The smallest absolute Gasteiger partial charge is 0.306 e. The van der Waals surface area contributed by atoms with E-state index in [2.05, 4.69) is 69.4 Å². The first-order chi connectivity index (χ1) is 35.0. The van der Waals surface area contributed by atoms with Crippen molar-refractivity contribution in [2.75, 3.05) is 13.2 Å². The SMILES string of the molecule is CCCC/C=C\CCCCCCCC(=O)OCC(COC(=O)CCCCCCCCCCCCC/C=C\C/C=C\CCCCCCC)OC(=O)CCCCCCCCCCC/C=C\CCCCCCCC. The van der Waals surface area contributed by atoms with Gasteiger partial charge < -0.3 is 14.2 Å². The summed E-state index contributed by atoms with van der Waals surface area (Å²) in [4.78, 5) is 38.2. The van der Waals surface area contributed by atoms with Gasteiger partial charge in [-0.05, 0) is 96.3 Å². The molecule has 0 radical (unpaired) electrons. The highest BCUT2D eigenvalue weighted by atomic mass is 16.6. The number of ether oxygens (including phenoxy) is 3. The maximum atomic E-state index is 12.9. The van der Waals surface area contributed by atoms with Crippen molar-refractivity contribution >= 4 is 17.9 Å². The number of carbonyl (C=O) groups is 3. The fraction of sp³-hybridized carbons (Fsp3) is 0.831. The van der Waals surface area contributed by atoms with E-state index in [0.29, 0.717) is 19.3 Å². The van der Waals surface area contributed by atoms with Crippen LogP contribution < -0.4 is 0 Å². The van der Waals surface area contributed by atoms with E-state index in [1.807, 2.05) is 0 Å². The molecule has 0 saturated heterocycles. The van der Waals surface area contributed by atoms with Gasteiger partial charge in [-0.1, -0.05) is 262 Å². The molecule has 0 spiro atoms. The fourth-order valence-corrected chi connectivity index (χ4v) is 9.04. The molecule has 0 aliphatic carbocycles. The van der Waals surface area contributed by atoms with Gasteiger partial charge in [0.15, 0.2) is 6.10 Å². The summed E-state index contributed by atoms with van der Waals surface area (Å²) >= 11 is 0. The lowest BCUT2D eigenvalue weighted by atomic mass is 10.0. The van der Waals surface area contributed by atoms with Crippen LogP contribution in [0.4, 0.5) is 0 Å². The maximum Gasteiger partial charge on any atom is 0.306 e. The third-order valence-electron chi connectivity index (χ3n) is 13.8. The highest BCUT2D eigenvalue weighted by Gasteiger charge is 2.19. The summed E-state index contributed by atoms with van der Waals surface area (Å²) in [5, 5.41) is 0. The lowest BCUT2D eigenvalue weighted by molar-refractivity contribution is -0.167. The minimum Gasteiger partial charge on any atom is -0.462 e. The molecule has 6 heteroatoms. The van der Waals surface area contributed by atoms with Crippen LogP contribution in [0, 0.1) is 0 Å². The maximum absolute atomic E-state index is 12.9. The molecule has 0 aliphatic heterocycles. The first-order valence-electron chi connectivity index (χ1n) is 31.1. The highest BCUT2D eigenvalue weighted by molar-refractivity contribution is 5.71. The van der Waals surface area contributed by atoms with Crippen LogP contribution in [-0.2, 0) is 28.6 Å². The highest BCUT2D eigenvalue weighted by Crippen LogP contribution is 2.16. The Bertz CT molecular complexity index is 1230. The van der Waals surface area contributed by atoms with E-state index < -0.39 is 6.10 Å². The molecule has 0 aromatic rings. The molecule has 1 unspecified atom stereocenters. The zero-order chi connectivity index (χ0) is 51.4. The molecule has 71 heavy (non-hydrogen) atoms. The lowest BCUT2D eigenvalue weighted by Gasteiger charge is -2.18. The van der Waals surface area contributed by atoms with Crippen LogP contribution in [0.2, 0.25) is 0 Å². The second-order valence-electron chi connectivity index (χ2n) is 21.0. The first-order valence-corrected chi connectivity index (χ1v) is 31.1. The monoisotopic (exact) mass is 995 g/mol. The van der Waals surface area contributed by atoms with E-state index in [1.54, 1.807) is 0 Å². The Hall–Kier alpha value is -2.63. The fourth-order valence-electron chi connectivity index (χ4n) is 9.04. The quantitative estimate of drug-likeness (QED) is 0.0261. The molecule has 0 aliphatic rings. The largest absolute Gasteiger partial charge is 0.462 e. The Morgan fingerprint density at radius 1 is 0.282 bits per heavy atom. The van der Waals surface area contributed by atoms with Crippen molar-refractivity contribution in [1.82, 2.24) is 0 Å². The van der Waals surface area contributed by atoms with Crippen molar-refractivity contribution in [3.63, 3.8) is 0 Å². The molecule has 0 aromatic carbocycles. The van der Waals surface area contributed by atoms with E-state index in [9.17, 15) is 14.4 Å². The van der Waals surface area contributed by atoms with Gasteiger partial charge in [0.05, 0.1) is 0 Å². The Morgan fingerprint density at radius 3 is 0.831 bits per heavy atom. The summed E-state index contributed by atoms with van der Waals surface area (Å²) in [5.74, 6) is -0.873. The number of allylic oxidation sites excluding steroid dienone is 8. The summed E-state index contributed by atoms with van der Waals surface area (Å²) in [6.45, 7) is 6.62. The molecule has 0 heterocycles. The molecular formula is C65H118O6. The van der Waals surface area contributed by atoms with Crippen LogP contribution in [0.1, 0.15) is 329 Å². The molecule has 0 aromatic heterocycles. The van der Waals surface area contributed by atoms with Crippen LogP contribution >= 0.6 is 0 Å². The average molecular weight is 996 g/mol. The zero-order valence-electron chi connectivity index (χ0n) is 47.5. The molecule has 0 bridgehead atoms. The van der Waals surface area contributed by atoms with Crippen molar-refractivity contribution in [2.45, 2.75) is 335 Å². The Morgan fingerprint density at radius 2 is 0.521 bits per heavy atom. The third kappa shape index (κ3) is 58.1. The minimum absolute atomic E-state index is 0.0755. The van der Waals surface area contributed by atoms with Crippen molar-refractivity contribution in [1.29, 1.82) is 0 Å². The van der Waals surface area contributed by atoms with Gasteiger partial charge in [0.25, 0.3) is 0 Å². The summed E-state index contributed by atoms with van der Waals surface area (Å²) in [6, 6.07) is 0. The van der Waals surface area contributed by atoms with E-state index in [0.717, 1.165) is 70.6 Å². The lowest BCUT2D eigenvalue weighted by Crippen LogP contribution is -2.30. The molecule has 1 atom stereocenters. The summed E-state index contributed by atoms with van der Waals surface area (Å²) in [7, 11) is 0. The number of rotatable bonds is 57. The normalized spacial score (nSPS) is 12.3. The van der Waals surface area contributed by atoms with Crippen molar-refractivity contribution in [2.24, 2.45) is 0 Å². The van der Waals surface area contributed by atoms with Gasteiger partial charge in [-0.3, -0.25) is 14.4 Å². The van der Waals surface area contributed by atoms with Gasteiger partial charge in [-0.15, -0.1) is 0 Å². The molecular weight excluding hydrogens is 877 g/mol. The molecule has 0 amide bonds. The molecule has 0 saturated carbocycles. The summed E-state index contributed by atoms with van der Waals surface area (Å²) in [5.41, 5.74) is 0. The Kier molecular flexibility index (Phi) is 57.7. The molecule has 0 fully saturated rings. The van der Waals surface area contributed by atoms with Crippen molar-refractivity contribution in [3.05, 3.63) is 48.6 Å². The van der Waals surface area contributed by atoms with E-state index in [4.69, 9.17) is 14.2 Å². The first kappa shape index (κ1) is 68.4. The predicted molar refractivity (Wildman–Crippen MR) is 307 cm³/mol. The van der Waals surface area contributed by atoms with Gasteiger partial charge in [0, 0.05) is 19.3 Å². The third-order valence-corrected chi connectivity index (χ3v) is 13.8. The molecule has 0 rings (SSSR count). The number of carbonyl (C=O) groups excluding carboxylic acids is 3. The molecule has 414 valence electrons. The second-order valence-corrected chi connectivity index (χ2v) is 21.0. The van der Waals surface area contributed by atoms with Gasteiger partial charge in [-0.25, -0.2) is 0 Å². The average Bonchev–Trinajstić information content (AvgIpc) is 3.37. The number of hydrogen-bond donors (Lipinski definition) is 0. The number of hydrogen-bond acceptors (Lipinski definition) is 6. The summed E-state index contributed by atoms with van der Waals surface area (Å²) < 4.78 is 16.9. The van der Waals surface area contributed by atoms with E-state index in [-0.39, 0.29) is 31.1 Å². The van der Waals surface area contributed by atoms with Gasteiger partial charge >= 0.3 is 17.9 Å². The zero-order valence-corrected chi connectivity index (χ0v) is 47.5. The van der Waals surface area contributed by atoms with Gasteiger partial charge in [0.1, 0.15) is 13.2 Å². The van der Waals surface area contributed by atoms with Crippen LogP contribution in [0.25, 0.3) is 0 Å².